The molecule has 0 aliphatic carbocycles. The van der Waals surface area contributed by atoms with E-state index < -0.39 is 42.1 Å². The van der Waals surface area contributed by atoms with E-state index in [1.54, 1.807) is 38.1 Å². The van der Waals surface area contributed by atoms with Crippen LogP contribution in [-0.2, 0) is 23.7 Å². The van der Waals surface area contributed by atoms with Crippen LogP contribution in [0.15, 0.2) is 36.0 Å². The van der Waals surface area contributed by atoms with Crippen molar-refractivity contribution in [1.29, 1.82) is 0 Å². The summed E-state index contributed by atoms with van der Waals surface area (Å²) in [5, 5.41) is 32.0. The molecular formula is C39H68N2O9. The lowest BCUT2D eigenvalue weighted by Gasteiger charge is -2.32. The number of aliphatic hydroxyl groups is 3. The molecular weight excluding hydrogens is 640 g/mol. The van der Waals surface area contributed by atoms with Crippen LogP contribution in [0.2, 0.25) is 0 Å². The second-order valence-corrected chi connectivity index (χ2v) is 14.6. The number of ether oxygens (including phenoxy) is 4. The number of cyclic esters (lactones) is 1. The molecule has 11 heteroatoms. The number of methoxy groups -OCH3 is 1. The summed E-state index contributed by atoms with van der Waals surface area (Å²) in [5.74, 6) is -1.07. The highest BCUT2D eigenvalue weighted by molar-refractivity contribution is 5.70. The average molecular weight is 709 g/mol. The molecule has 0 saturated carbocycles. The van der Waals surface area contributed by atoms with Gasteiger partial charge >= 0.3 is 12.1 Å². The van der Waals surface area contributed by atoms with Gasteiger partial charge in [0.25, 0.3) is 0 Å². The molecule has 0 radical (unpaired) electrons. The Morgan fingerprint density at radius 1 is 1.16 bits per heavy atom. The van der Waals surface area contributed by atoms with Crippen LogP contribution in [0.1, 0.15) is 93.9 Å². The summed E-state index contributed by atoms with van der Waals surface area (Å²) >= 11 is 0. The fourth-order valence-corrected chi connectivity index (χ4v) is 6.70. The lowest BCUT2D eigenvalue weighted by molar-refractivity contribution is -0.151. The molecule has 1 saturated heterocycles. The summed E-state index contributed by atoms with van der Waals surface area (Å²) in [4.78, 5) is 30.2. The number of hydrogen-bond donors (Lipinski definition) is 3. The topological polar surface area (TPSA) is 142 Å². The van der Waals surface area contributed by atoms with E-state index in [0.717, 1.165) is 31.6 Å². The van der Waals surface area contributed by atoms with E-state index in [4.69, 9.17) is 18.9 Å². The Morgan fingerprint density at radius 3 is 2.46 bits per heavy atom. The van der Waals surface area contributed by atoms with E-state index in [1.807, 2.05) is 52.8 Å². The van der Waals surface area contributed by atoms with Gasteiger partial charge in [0.15, 0.2) is 0 Å². The largest absolute Gasteiger partial charge is 0.457 e. The number of carbonyl (C=O) groups excluding carboxylic acids is 2. The van der Waals surface area contributed by atoms with Crippen molar-refractivity contribution in [3.8, 4) is 0 Å². The predicted octanol–water partition coefficient (Wildman–Crippen LogP) is 5.27. The zero-order chi connectivity index (χ0) is 37.6. The van der Waals surface area contributed by atoms with E-state index >= 15 is 0 Å². The molecule has 2 aliphatic heterocycles. The van der Waals surface area contributed by atoms with Crippen molar-refractivity contribution in [2.45, 2.75) is 142 Å². The predicted molar refractivity (Wildman–Crippen MR) is 196 cm³/mol. The van der Waals surface area contributed by atoms with Gasteiger partial charge in [-0.15, -0.1) is 0 Å². The van der Waals surface area contributed by atoms with Crippen LogP contribution in [0.3, 0.4) is 0 Å². The SMILES string of the molecule is CCC(O)C(C)C1OC1CC(C)(O)/C=C/C=C(\C)C1OC(=O)CC(O)CC[C@H](C(C)OC)C(OC(=O)N(C)CCCN(CC)CC)/C=C/C1C. The first kappa shape index (κ1) is 43.9. The Balaban J connectivity index is 2.25. The lowest BCUT2D eigenvalue weighted by Crippen LogP contribution is -2.39. The van der Waals surface area contributed by atoms with Crippen molar-refractivity contribution in [3.63, 3.8) is 0 Å². The highest BCUT2D eigenvalue weighted by atomic mass is 16.6. The molecule has 3 N–H and O–H groups in total. The first-order chi connectivity index (χ1) is 23.6. The Kier molecular flexibility index (Phi) is 18.7. The first-order valence-corrected chi connectivity index (χ1v) is 18.7. The van der Waals surface area contributed by atoms with E-state index in [2.05, 4.69) is 18.7 Å². The number of epoxide rings is 1. The van der Waals surface area contributed by atoms with Crippen LogP contribution in [0.25, 0.3) is 0 Å². The maximum atomic E-state index is 13.3. The molecule has 0 aromatic heterocycles. The normalized spacial score (nSPS) is 30.4. The number of amides is 1. The van der Waals surface area contributed by atoms with Gasteiger partial charge in [-0.1, -0.05) is 58.9 Å². The maximum absolute atomic E-state index is 13.3. The van der Waals surface area contributed by atoms with Crippen molar-refractivity contribution >= 4 is 12.1 Å². The third kappa shape index (κ3) is 14.4. The minimum absolute atomic E-state index is 0.00429. The number of aliphatic hydroxyl groups excluding tert-OH is 2. The molecule has 0 aromatic carbocycles. The van der Waals surface area contributed by atoms with Gasteiger partial charge in [0.2, 0.25) is 0 Å². The monoisotopic (exact) mass is 708 g/mol. The Bertz CT molecular complexity index is 1120. The maximum Gasteiger partial charge on any atom is 0.410 e. The molecule has 1 fully saturated rings. The third-order valence-corrected chi connectivity index (χ3v) is 10.4. The second kappa shape index (κ2) is 21.3. The number of carbonyl (C=O) groups is 2. The molecule has 11 atom stereocenters. The molecule has 11 nitrogen and oxygen atoms in total. The van der Waals surface area contributed by atoms with Gasteiger partial charge in [-0.05, 0) is 77.7 Å². The lowest BCUT2D eigenvalue weighted by atomic mass is 9.87. The Morgan fingerprint density at radius 2 is 1.84 bits per heavy atom. The van der Waals surface area contributed by atoms with Gasteiger partial charge in [-0.3, -0.25) is 4.79 Å². The van der Waals surface area contributed by atoms with Crippen LogP contribution in [0.4, 0.5) is 4.79 Å². The number of rotatable bonds is 17. The number of esters is 1. The molecule has 1 amide bonds. The number of allylic oxidation sites excluding steroid dienone is 2. The van der Waals surface area contributed by atoms with Gasteiger partial charge in [-0.25, -0.2) is 4.79 Å². The van der Waals surface area contributed by atoms with E-state index in [9.17, 15) is 24.9 Å². The smallest absolute Gasteiger partial charge is 0.410 e. The van der Waals surface area contributed by atoms with Crippen LogP contribution >= 0.6 is 0 Å². The van der Waals surface area contributed by atoms with Gasteiger partial charge in [0.1, 0.15) is 12.2 Å². The summed E-state index contributed by atoms with van der Waals surface area (Å²) in [5.41, 5.74) is -0.396. The highest BCUT2D eigenvalue weighted by Gasteiger charge is 2.47. The minimum Gasteiger partial charge on any atom is -0.457 e. The van der Waals surface area contributed by atoms with Gasteiger partial charge in [0, 0.05) is 44.9 Å². The van der Waals surface area contributed by atoms with Crippen LogP contribution in [0, 0.1) is 17.8 Å². The summed E-state index contributed by atoms with van der Waals surface area (Å²) in [6.45, 7) is 19.0. The molecule has 288 valence electrons. The molecule has 2 aliphatic rings. The van der Waals surface area contributed by atoms with E-state index in [0.29, 0.717) is 32.2 Å². The quantitative estimate of drug-likeness (QED) is 0.0792. The summed E-state index contributed by atoms with van der Waals surface area (Å²) in [6, 6.07) is 0. The van der Waals surface area contributed by atoms with Crippen LogP contribution < -0.4 is 0 Å². The third-order valence-electron chi connectivity index (χ3n) is 10.4. The van der Waals surface area contributed by atoms with Crippen molar-refractivity contribution in [1.82, 2.24) is 9.80 Å². The van der Waals surface area contributed by atoms with Crippen molar-refractivity contribution in [3.05, 3.63) is 36.0 Å². The number of nitrogens with zero attached hydrogens (tertiary/aromatic N) is 2. The fourth-order valence-electron chi connectivity index (χ4n) is 6.70. The van der Waals surface area contributed by atoms with Crippen molar-refractivity contribution in [2.24, 2.45) is 17.8 Å². The molecule has 10 unspecified atom stereocenters. The summed E-state index contributed by atoms with van der Waals surface area (Å²) in [6.07, 6.45) is 7.96. The van der Waals surface area contributed by atoms with Gasteiger partial charge < -0.3 is 44.1 Å². The summed E-state index contributed by atoms with van der Waals surface area (Å²) in [7, 11) is 3.36. The number of hydrogen-bond acceptors (Lipinski definition) is 10. The van der Waals surface area contributed by atoms with Gasteiger partial charge in [-0.2, -0.15) is 0 Å². The molecule has 50 heavy (non-hydrogen) atoms. The Labute approximate surface area is 301 Å². The standard InChI is InChI=1S/C39H68N2O9/c1-11-32(43)28(6)37-34(48-37)25-39(8,46)21-14-16-26(4)36-27(5)17-20-33(49-38(45)40(9)22-15-23-41(12-2)13-3)31(29(7)47-10)19-18-30(42)24-35(44)50-36/h14,16-17,20-21,27-34,36-37,42-43,46H,11-13,15,18-19,22-25H2,1-10H3/b20-17+,21-14+,26-16+/t27?,28?,29?,30?,31-,32?,33?,34?,36?,37?,39?/m1/s1. The van der Waals surface area contributed by atoms with E-state index in [-0.39, 0.29) is 42.5 Å². The van der Waals surface area contributed by atoms with Crippen molar-refractivity contribution in [2.75, 3.05) is 40.3 Å². The first-order valence-electron chi connectivity index (χ1n) is 18.7. The van der Waals surface area contributed by atoms with Crippen LogP contribution in [-0.4, -0.2) is 126 Å². The molecule has 0 spiro atoms. The zero-order valence-corrected chi connectivity index (χ0v) is 32.4. The second-order valence-electron chi connectivity index (χ2n) is 14.6. The van der Waals surface area contributed by atoms with Crippen LogP contribution in [0.5, 0.6) is 0 Å². The molecule has 2 rings (SSSR count). The molecule has 0 aromatic rings. The van der Waals surface area contributed by atoms with Gasteiger partial charge in [0.05, 0.1) is 42.5 Å². The molecule has 0 bridgehead atoms. The van der Waals surface area contributed by atoms with Crippen molar-refractivity contribution < 1.29 is 43.9 Å². The zero-order valence-electron chi connectivity index (χ0n) is 32.4. The minimum atomic E-state index is -1.14. The molecule has 2 heterocycles. The fraction of sp³-hybridized carbons (Fsp3) is 0.795. The summed E-state index contributed by atoms with van der Waals surface area (Å²) < 4.78 is 23.5. The van der Waals surface area contributed by atoms with E-state index in [1.165, 1.54) is 0 Å². The average Bonchev–Trinajstić information content (AvgIpc) is 3.83. The Hall–Kier alpha value is -2.28. The highest BCUT2D eigenvalue weighted by Crippen LogP contribution is 2.37.